The monoisotopic (exact) mass is 724 g/mol. The van der Waals surface area contributed by atoms with E-state index in [-0.39, 0.29) is 9.79 Å². The van der Waals surface area contributed by atoms with E-state index in [9.17, 15) is 8.42 Å². The van der Waals surface area contributed by atoms with Gasteiger partial charge in [0.2, 0.25) is 26.5 Å². The zero-order valence-corrected chi connectivity index (χ0v) is 33.1. The minimum atomic E-state index is -3.66. The van der Waals surface area contributed by atoms with Gasteiger partial charge in [0, 0.05) is 6.61 Å². The molecule has 0 bridgehead atoms. The minimum Gasteiger partial charge on any atom is -0.494 e. The summed E-state index contributed by atoms with van der Waals surface area (Å²) in [6.45, 7) is 18.0. The topological polar surface area (TPSA) is 89.5 Å². The molecule has 0 unspecified atom stereocenters. The van der Waals surface area contributed by atoms with Crippen molar-refractivity contribution in [1.82, 2.24) is 0 Å². The van der Waals surface area contributed by atoms with E-state index in [1.54, 1.807) is 48.5 Å². The van der Waals surface area contributed by atoms with Gasteiger partial charge in [0.15, 0.2) is 0 Å². The van der Waals surface area contributed by atoms with Crippen LogP contribution in [0.2, 0.25) is 39.3 Å². The average molecular weight is 725 g/mol. The normalized spacial score (nSPS) is 12.5. The highest BCUT2D eigenvalue weighted by Crippen LogP contribution is 2.30. The molecule has 4 aromatic rings. The van der Waals surface area contributed by atoms with Crippen LogP contribution in [0, 0.1) is 0 Å². The van der Waals surface area contributed by atoms with Crippen LogP contribution >= 0.6 is 0 Å². The number of hydrogen-bond donors (Lipinski definition) is 0. The van der Waals surface area contributed by atoms with E-state index in [0.29, 0.717) is 42.9 Å². The third-order valence-corrected chi connectivity index (χ3v) is 19.0. The van der Waals surface area contributed by atoms with Gasteiger partial charge in [-0.05, 0) is 137 Å². The molecule has 0 spiro atoms. The molecule has 0 aliphatic carbocycles. The van der Waals surface area contributed by atoms with Gasteiger partial charge in [-0.3, -0.25) is 0 Å². The number of benzene rings is 4. The Morgan fingerprint density at radius 3 is 1.35 bits per heavy atom. The number of rotatable bonds is 17. The van der Waals surface area contributed by atoms with E-state index in [1.165, 1.54) is 0 Å². The van der Waals surface area contributed by atoms with Crippen molar-refractivity contribution in [2.45, 2.75) is 62.9 Å². The molecule has 0 aliphatic heterocycles. The predicted octanol–water partition coefficient (Wildman–Crippen LogP) is 9.02. The van der Waals surface area contributed by atoms with Crippen LogP contribution in [0.3, 0.4) is 0 Å². The maximum Gasteiger partial charge on any atom is 0.311 e. The van der Waals surface area contributed by atoms with Crippen molar-refractivity contribution >= 4 is 35.0 Å². The van der Waals surface area contributed by atoms with Crippen molar-refractivity contribution in [3.8, 4) is 34.1 Å². The van der Waals surface area contributed by atoms with Crippen molar-refractivity contribution < 1.29 is 35.6 Å². The molecule has 0 heterocycles. The molecule has 0 fully saturated rings. The fraction of sp³-hybridized carbons (Fsp3) is 0.333. The second-order valence-electron chi connectivity index (χ2n) is 13.1. The highest BCUT2D eigenvalue weighted by molar-refractivity contribution is 7.91. The first-order chi connectivity index (χ1) is 22.6. The van der Waals surface area contributed by atoms with Gasteiger partial charge in [0.25, 0.3) is 0 Å². The summed E-state index contributed by atoms with van der Waals surface area (Å²) in [5, 5.41) is 0. The molecule has 0 atom stereocenters. The summed E-state index contributed by atoms with van der Waals surface area (Å²) in [6, 6.07) is 28.6. The number of sulfone groups is 1. The third-order valence-electron chi connectivity index (χ3n) is 7.14. The summed E-state index contributed by atoms with van der Waals surface area (Å²) >= 11 is 0. The van der Waals surface area contributed by atoms with E-state index >= 15 is 0 Å². The van der Waals surface area contributed by atoms with E-state index < -0.39 is 35.0 Å². The zero-order chi connectivity index (χ0) is 35.0. The number of hydrogen-bond acceptors (Lipinski definition) is 8. The van der Waals surface area contributed by atoms with Crippen molar-refractivity contribution in [3.05, 3.63) is 97.1 Å². The maximum atomic E-state index is 13.1. The molecule has 0 amide bonds. The molecule has 4 rings (SSSR count). The van der Waals surface area contributed by atoms with Crippen molar-refractivity contribution in [3.63, 3.8) is 0 Å². The van der Waals surface area contributed by atoms with Crippen molar-refractivity contribution in [1.29, 1.82) is 0 Å². The Morgan fingerprint density at radius 1 is 0.500 bits per heavy atom. The molecule has 0 N–H and O–H groups in total. The lowest BCUT2D eigenvalue weighted by Gasteiger charge is -2.38. The molecule has 12 heteroatoms. The van der Waals surface area contributed by atoms with Crippen LogP contribution in [0.25, 0.3) is 11.1 Å². The Labute approximate surface area is 289 Å². The lowest BCUT2D eigenvalue weighted by molar-refractivity contribution is 0.177. The summed E-state index contributed by atoms with van der Waals surface area (Å²) in [6.07, 6.45) is 1.19. The van der Waals surface area contributed by atoms with Crippen LogP contribution in [0.4, 0.5) is 0 Å². The molecule has 258 valence electrons. The Bertz CT molecular complexity index is 1710. The van der Waals surface area contributed by atoms with Crippen LogP contribution in [-0.2, 0) is 22.8 Å². The first-order valence-electron chi connectivity index (χ1n) is 16.2. The molecule has 0 aromatic heterocycles. The fourth-order valence-electron chi connectivity index (χ4n) is 5.32. The summed E-state index contributed by atoms with van der Waals surface area (Å²) in [5.74, 6) is 2.61. The molecule has 4 aromatic carbocycles. The summed E-state index contributed by atoms with van der Waals surface area (Å²) in [5.41, 5.74) is 2.08. The van der Waals surface area contributed by atoms with Gasteiger partial charge in [-0.2, -0.15) is 0 Å². The Balaban J connectivity index is 1.31. The molecule has 0 saturated heterocycles. The zero-order valence-electron chi connectivity index (χ0n) is 29.2. The van der Waals surface area contributed by atoms with E-state index in [1.807, 2.05) is 62.4 Å². The van der Waals surface area contributed by atoms with Gasteiger partial charge in [-0.25, -0.2) is 8.42 Å². The van der Waals surface area contributed by atoms with Gasteiger partial charge >= 0.3 is 8.56 Å². The molecule has 0 aliphatic rings. The summed E-state index contributed by atoms with van der Waals surface area (Å²) < 4.78 is 62.5. The summed E-state index contributed by atoms with van der Waals surface area (Å²) in [4.78, 5) is 0.402. The predicted molar refractivity (Wildman–Crippen MR) is 198 cm³/mol. The fourth-order valence-corrected chi connectivity index (χ4v) is 19.4. The molecular weight excluding hydrogens is 677 g/mol. The standard InChI is InChI=1S/C36H48O8SSi3/c1-9-39-27-46(3,4)43-48(7,8)44-47(5,6)28-41-32-15-11-29(12-16-32)30-13-17-33(18-14-30)42-34-21-25-36(26-22-34)45(37,38)35-23-19-31(20-24-35)40-10-2/h11-26H,9-10,27-28H2,1-8H3. The van der Waals surface area contributed by atoms with Gasteiger partial charge in [-0.1, -0.05) is 24.3 Å². The van der Waals surface area contributed by atoms with Crippen LogP contribution in [0.15, 0.2) is 107 Å². The Kier molecular flexibility index (Phi) is 12.5. The van der Waals surface area contributed by atoms with E-state index in [4.69, 9.17) is 27.2 Å². The quantitative estimate of drug-likeness (QED) is 0.0998. The van der Waals surface area contributed by atoms with Gasteiger partial charge in [-0.15, -0.1) is 0 Å². The minimum absolute atomic E-state index is 0.193. The molecule has 0 saturated carbocycles. The van der Waals surface area contributed by atoms with Gasteiger partial charge in [0.05, 0.1) is 22.6 Å². The Hall–Kier alpha value is -3.24. The molecule has 0 radical (unpaired) electrons. The van der Waals surface area contributed by atoms with Crippen LogP contribution in [-0.4, -0.2) is 59.3 Å². The first-order valence-corrected chi connectivity index (χ1v) is 26.7. The van der Waals surface area contributed by atoms with Gasteiger partial charge in [0.1, 0.15) is 29.2 Å². The van der Waals surface area contributed by atoms with Crippen LogP contribution in [0.5, 0.6) is 23.0 Å². The SMILES string of the molecule is CCOC[Si](C)(C)O[Si](C)(C)O[Si](C)(C)COc1ccc(-c2ccc(Oc3ccc(S(=O)(=O)c4ccc(OCC)cc4)cc3)cc2)cc1. The summed E-state index contributed by atoms with van der Waals surface area (Å²) in [7, 11) is -10.1. The van der Waals surface area contributed by atoms with Crippen LogP contribution in [0.1, 0.15) is 13.8 Å². The molecule has 48 heavy (non-hydrogen) atoms. The number of ether oxygens (including phenoxy) is 4. The highest BCUT2D eigenvalue weighted by Gasteiger charge is 2.40. The second kappa shape index (κ2) is 16.0. The average Bonchev–Trinajstić information content (AvgIpc) is 3.03. The third kappa shape index (κ3) is 10.9. The van der Waals surface area contributed by atoms with Gasteiger partial charge < -0.3 is 27.2 Å². The first kappa shape index (κ1) is 37.6. The van der Waals surface area contributed by atoms with Crippen molar-refractivity contribution in [2.75, 3.05) is 25.7 Å². The maximum absolute atomic E-state index is 13.1. The van der Waals surface area contributed by atoms with E-state index in [0.717, 1.165) is 16.9 Å². The van der Waals surface area contributed by atoms with E-state index in [2.05, 4.69) is 39.3 Å². The Morgan fingerprint density at radius 2 is 0.896 bits per heavy atom. The molecular formula is C36H48O8SSi3. The van der Waals surface area contributed by atoms with Crippen molar-refractivity contribution in [2.24, 2.45) is 0 Å². The largest absolute Gasteiger partial charge is 0.494 e. The second-order valence-corrected chi connectivity index (χ2v) is 27.1. The highest BCUT2D eigenvalue weighted by atomic mass is 32.2. The smallest absolute Gasteiger partial charge is 0.311 e. The van der Waals surface area contributed by atoms with Crippen LogP contribution < -0.4 is 14.2 Å². The molecule has 8 nitrogen and oxygen atoms in total. The lowest BCUT2D eigenvalue weighted by atomic mass is 10.1. The lowest BCUT2D eigenvalue weighted by Crippen LogP contribution is -2.55.